The number of benzene rings is 1. The third kappa shape index (κ3) is 2.18. The molecule has 0 radical (unpaired) electrons. The molecule has 1 spiro atoms. The van der Waals surface area contributed by atoms with Crippen LogP contribution in [0.4, 0.5) is 5.82 Å². The molecule has 3 aliphatic rings. The Morgan fingerprint density at radius 1 is 1.12 bits per heavy atom. The molecule has 0 atom stereocenters. The summed E-state index contributed by atoms with van der Waals surface area (Å²) in [5, 5.41) is 0. The number of esters is 1. The molecule has 6 nitrogen and oxygen atoms in total. The van der Waals surface area contributed by atoms with Gasteiger partial charge in [-0.05, 0) is 12.1 Å². The van der Waals surface area contributed by atoms with Crippen LogP contribution in [0.25, 0.3) is 0 Å². The number of hydrogen-bond donors (Lipinski definition) is 0. The van der Waals surface area contributed by atoms with Gasteiger partial charge in [-0.25, -0.2) is 14.8 Å². The maximum Gasteiger partial charge on any atom is 0.339 e. The van der Waals surface area contributed by atoms with Gasteiger partial charge in [-0.1, -0.05) is 24.3 Å². The molecule has 130 valence electrons. The van der Waals surface area contributed by atoms with Gasteiger partial charge in [-0.2, -0.15) is 0 Å². The molecule has 0 N–H and O–H groups in total. The first-order valence-corrected chi connectivity index (χ1v) is 8.80. The van der Waals surface area contributed by atoms with E-state index >= 15 is 0 Å². The zero-order valence-electron chi connectivity index (χ0n) is 14.1. The number of carbonyl (C=O) groups is 2. The lowest BCUT2D eigenvalue weighted by Gasteiger charge is -2.38. The summed E-state index contributed by atoms with van der Waals surface area (Å²) in [6.07, 6.45) is 3.44. The van der Waals surface area contributed by atoms with Crippen LogP contribution >= 0.6 is 0 Å². The standard InChI is InChI=1S/C20H17N3O3/c24-18(16-12-13-4-3-9-21-17(13)22-16)23-10-7-20(8-11-23)15-6-2-1-5-14(15)19(25)26-20/h1-6,9H,7-8,10-12H2. The van der Waals surface area contributed by atoms with E-state index < -0.39 is 5.60 Å². The quantitative estimate of drug-likeness (QED) is 0.743. The number of nitrogens with zero attached hydrogens (tertiary/aromatic N) is 3. The molecule has 0 saturated carbocycles. The summed E-state index contributed by atoms with van der Waals surface area (Å²) in [5.41, 5.74) is 2.54. The molecule has 3 aliphatic heterocycles. The number of ether oxygens (including phenoxy) is 1. The second-order valence-electron chi connectivity index (χ2n) is 6.94. The van der Waals surface area contributed by atoms with Gasteiger partial charge < -0.3 is 9.64 Å². The zero-order chi connectivity index (χ0) is 17.7. The fourth-order valence-electron chi connectivity index (χ4n) is 4.11. The van der Waals surface area contributed by atoms with Crippen molar-refractivity contribution >= 4 is 23.4 Å². The Bertz CT molecular complexity index is 958. The first-order valence-electron chi connectivity index (χ1n) is 8.80. The summed E-state index contributed by atoms with van der Waals surface area (Å²) >= 11 is 0. The van der Waals surface area contributed by atoms with Crippen LogP contribution in [0.5, 0.6) is 0 Å². The number of amides is 1. The lowest BCUT2D eigenvalue weighted by molar-refractivity contribution is -0.128. The van der Waals surface area contributed by atoms with E-state index in [1.54, 1.807) is 12.3 Å². The third-order valence-electron chi connectivity index (χ3n) is 5.50. The number of fused-ring (bicyclic) bond motifs is 3. The first kappa shape index (κ1) is 15.3. The largest absolute Gasteiger partial charge is 0.450 e. The summed E-state index contributed by atoms with van der Waals surface area (Å²) in [7, 11) is 0. The average Bonchev–Trinajstić information content (AvgIpc) is 3.22. The monoisotopic (exact) mass is 347 g/mol. The Morgan fingerprint density at radius 2 is 1.92 bits per heavy atom. The van der Waals surface area contributed by atoms with Gasteiger partial charge in [0.2, 0.25) is 0 Å². The Labute approximate surface area is 150 Å². The van der Waals surface area contributed by atoms with Gasteiger partial charge in [-0.15, -0.1) is 0 Å². The molecule has 1 fully saturated rings. The topological polar surface area (TPSA) is 71.9 Å². The molecule has 1 aromatic carbocycles. The van der Waals surface area contributed by atoms with Crippen LogP contribution in [0.1, 0.15) is 34.3 Å². The van der Waals surface area contributed by atoms with Crippen molar-refractivity contribution in [3.8, 4) is 0 Å². The third-order valence-corrected chi connectivity index (χ3v) is 5.50. The van der Waals surface area contributed by atoms with Gasteiger partial charge in [0.25, 0.3) is 5.91 Å². The van der Waals surface area contributed by atoms with Gasteiger partial charge in [0.15, 0.2) is 5.82 Å². The van der Waals surface area contributed by atoms with Crippen molar-refractivity contribution in [1.29, 1.82) is 0 Å². The number of pyridine rings is 1. The summed E-state index contributed by atoms with van der Waals surface area (Å²) in [5.74, 6) is 0.334. The number of rotatable bonds is 1. The molecule has 0 unspecified atom stereocenters. The molecule has 6 heteroatoms. The van der Waals surface area contributed by atoms with Gasteiger partial charge in [0, 0.05) is 49.7 Å². The van der Waals surface area contributed by atoms with Crippen LogP contribution in [0.15, 0.2) is 47.6 Å². The molecule has 4 heterocycles. The Hall–Kier alpha value is -3.02. The minimum absolute atomic E-state index is 0.0459. The van der Waals surface area contributed by atoms with E-state index in [0.717, 1.165) is 11.1 Å². The van der Waals surface area contributed by atoms with Crippen molar-refractivity contribution in [2.75, 3.05) is 13.1 Å². The minimum Gasteiger partial charge on any atom is -0.450 e. The minimum atomic E-state index is -0.591. The van der Waals surface area contributed by atoms with Crippen molar-refractivity contribution in [2.24, 2.45) is 4.99 Å². The number of aliphatic imine (C=N–C) groups is 1. The predicted molar refractivity (Wildman–Crippen MR) is 94.4 cm³/mol. The van der Waals surface area contributed by atoms with E-state index in [1.807, 2.05) is 35.2 Å². The van der Waals surface area contributed by atoms with E-state index in [9.17, 15) is 9.59 Å². The fraction of sp³-hybridized carbons (Fsp3) is 0.300. The van der Waals surface area contributed by atoms with Crippen LogP contribution in [0, 0.1) is 0 Å². The van der Waals surface area contributed by atoms with E-state index in [2.05, 4.69) is 9.98 Å². The number of aromatic nitrogens is 1. The van der Waals surface area contributed by atoms with Crippen molar-refractivity contribution in [2.45, 2.75) is 24.9 Å². The number of hydrogen-bond acceptors (Lipinski definition) is 5. The van der Waals surface area contributed by atoms with Crippen LogP contribution in [0.2, 0.25) is 0 Å². The van der Waals surface area contributed by atoms with E-state index in [0.29, 0.717) is 49.4 Å². The molecule has 1 aromatic heterocycles. The van der Waals surface area contributed by atoms with E-state index in [-0.39, 0.29) is 11.9 Å². The van der Waals surface area contributed by atoms with Gasteiger partial charge in [0.05, 0.1) is 5.56 Å². The molecule has 26 heavy (non-hydrogen) atoms. The number of likely N-dealkylation sites (tertiary alicyclic amines) is 1. The van der Waals surface area contributed by atoms with Gasteiger partial charge >= 0.3 is 5.97 Å². The summed E-state index contributed by atoms with van der Waals surface area (Å²) < 4.78 is 5.75. The summed E-state index contributed by atoms with van der Waals surface area (Å²) in [6, 6.07) is 11.4. The second kappa shape index (κ2) is 5.49. The van der Waals surface area contributed by atoms with Crippen molar-refractivity contribution < 1.29 is 14.3 Å². The number of carbonyl (C=O) groups excluding carboxylic acids is 2. The Balaban J connectivity index is 1.33. The fourth-order valence-corrected chi connectivity index (χ4v) is 4.11. The van der Waals surface area contributed by atoms with E-state index in [1.165, 1.54) is 0 Å². The highest BCUT2D eigenvalue weighted by molar-refractivity contribution is 6.40. The van der Waals surface area contributed by atoms with Crippen LogP contribution in [-0.2, 0) is 21.6 Å². The Morgan fingerprint density at radius 3 is 2.73 bits per heavy atom. The SMILES string of the molecule is O=C1OC2(CCN(C(=O)C3=Nc4ncccc4C3)CC2)c2ccccc21. The second-order valence-corrected chi connectivity index (χ2v) is 6.94. The van der Waals surface area contributed by atoms with Crippen LogP contribution < -0.4 is 0 Å². The van der Waals surface area contributed by atoms with Crippen LogP contribution in [0.3, 0.4) is 0 Å². The van der Waals surface area contributed by atoms with Gasteiger partial charge in [0.1, 0.15) is 11.3 Å². The van der Waals surface area contributed by atoms with Crippen LogP contribution in [-0.4, -0.2) is 40.6 Å². The van der Waals surface area contributed by atoms with Gasteiger partial charge in [-0.3, -0.25) is 4.79 Å². The molecular weight excluding hydrogens is 330 g/mol. The molecule has 2 aromatic rings. The molecule has 1 saturated heterocycles. The lowest BCUT2D eigenvalue weighted by Crippen LogP contribution is -2.47. The molecular formula is C20H17N3O3. The maximum absolute atomic E-state index is 12.8. The molecule has 5 rings (SSSR count). The summed E-state index contributed by atoms with van der Waals surface area (Å²) in [4.78, 5) is 35.4. The highest BCUT2D eigenvalue weighted by Gasteiger charge is 2.48. The lowest BCUT2D eigenvalue weighted by atomic mass is 9.83. The highest BCUT2D eigenvalue weighted by Crippen LogP contribution is 2.44. The van der Waals surface area contributed by atoms with Crippen molar-refractivity contribution in [1.82, 2.24) is 9.88 Å². The van der Waals surface area contributed by atoms with E-state index in [4.69, 9.17) is 4.74 Å². The van der Waals surface area contributed by atoms with Crippen molar-refractivity contribution in [3.63, 3.8) is 0 Å². The average molecular weight is 347 g/mol. The predicted octanol–water partition coefficient (Wildman–Crippen LogP) is 2.40. The number of piperidine rings is 1. The maximum atomic E-state index is 12.8. The molecule has 0 aliphatic carbocycles. The zero-order valence-corrected chi connectivity index (χ0v) is 14.1. The normalized spacial score (nSPS) is 19.8. The molecule has 1 amide bonds. The van der Waals surface area contributed by atoms with Crippen molar-refractivity contribution in [3.05, 3.63) is 59.3 Å². The highest BCUT2D eigenvalue weighted by atomic mass is 16.6. The Kier molecular flexibility index (Phi) is 3.22. The smallest absolute Gasteiger partial charge is 0.339 e. The summed E-state index contributed by atoms with van der Waals surface area (Å²) in [6.45, 7) is 1.09. The first-order chi connectivity index (χ1) is 12.7. The molecule has 0 bridgehead atoms.